The molecule has 0 N–H and O–H groups in total. The number of benzene rings is 10. The van der Waals surface area contributed by atoms with Crippen LogP contribution in [0.4, 0.5) is 0 Å². The standard InChI is InChI=1S/C60H48/c1-2-14-39(13-1)43-29-31-53-57(35-43)55(47-23-9-21-45(33-47)51-27-11-19-41-17-5-7-25-49(41)51)37-60-54-32-30-44(40-15-3-4-16-40)36-58(54)56(38-59(53)60)48-24-10-22-46(34-48)52-28-12-20-42-18-6-8-26-50(42)52/h5-12,17-40H,1-4,13-16H2. The third kappa shape index (κ3) is 6.04. The molecule has 0 radical (unpaired) electrons. The van der Waals surface area contributed by atoms with Crippen LogP contribution in [0.25, 0.3) is 98.4 Å². The molecule has 288 valence electrons. The van der Waals surface area contributed by atoms with Crippen LogP contribution < -0.4 is 0 Å². The van der Waals surface area contributed by atoms with Gasteiger partial charge in [0.15, 0.2) is 0 Å². The van der Waals surface area contributed by atoms with E-state index in [1.54, 1.807) is 0 Å². The van der Waals surface area contributed by atoms with E-state index in [-0.39, 0.29) is 0 Å². The zero-order valence-electron chi connectivity index (χ0n) is 34.1. The lowest BCUT2D eigenvalue weighted by Gasteiger charge is -2.20. The van der Waals surface area contributed by atoms with Gasteiger partial charge >= 0.3 is 0 Å². The van der Waals surface area contributed by atoms with Crippen molar-refractivity contribution in [3.05, 3.63) is 193 Å². The van der Waals surface area contributed by atoms with Crippen LogP contribution in [0.15, 0.2) is 182 Å². The summed E-state index contributed by atoms with van der Waals surface area (Å²) in [6.45, 7) is 0. The first-order valence-electron chi connectivity index (χ1n) is 22.4. The first kappa shape index (κ1) is 35.4. The smallest absolute Gasteiger partial charge is 0.00923 e. The Kier molecular flexibility index (Phi) is 8.65. The summed E-state index contributed by atoms with van der Waals surface area (Å²) in [5.41, 5.74) is 13.3. The van der Waals surface area contributed by atoms with Crippen molar-refractivity contribution >= 4 is 53.9 Å². The van der Waals surface area contributed by atoms with E-state index in [0.717, 1.165) is 0 Å². The summed E-state index contributed by atoms with van der Waals surface area (Å²) in [7, 11) is 0. The minimum atomic E-state index is 0.637. The van der Waals surface area contributed by atoms with Gasteiger partial charge in [-0.3, -0.25) is 0 Å². The van der Waals surface area contributed by atoms with Crippen molar-refractivity contribution in [1.29, 1.82) is 0 Å². The summed E-state index contributed by atoms with van der Waals surface area (Å²) in [6, 6.07) is 69.7. The molecule has 2 aliphatic carbocycles. The van der Waals surface area contributed by atoms with E-state index in [0.29, 0.717) is 11.8 Å². The molecule has 0 aromatic heterocycles. The lowest BCUT2D eigenvalue weighted by Crippen LogP contribution is -1.96. The second-order valence-electron chi connectivity index (χ2n) is 17.7. The Balaban J connectivity index is 1.12. The van der Waals surface area contributed by atoms with Gasteiger partial charge in [0, 0.05) is 0 Å². The van der Waals surface area contributed by atoms with Crippen LogP contribution in [0.5, 0.6) is 0 Å². The minimum absolute atomic E-state index is 0.637. The van der Waals surface area contributed by atoms with Gasteiger partial charge < -0.3 is 0 Å². The van der Waals surface area contributed by atoms with Crippen molar-refractivity contribution < 1.29 is 0 Å². The van der Waals surface area contributed by atoms with Crippen LogP contribution in [0.2, 0.25) is 0 Å². The molecule has 0 bridgehead atoms. The number of fused-ring (bicyclic) bond motifs is 7. The Bertz CT molecular complexity index is 3050. The van der Waals surface area contributed by atoms with E-state index in [9.17, 15) is 0 Å². The third-order valence-corrected chi connectivity index (χ3v) is 14.3. The highest BCUT2D eigenvalue weighted by atomic mass is 14.3. The Morgan fingerprint density at radius 3 is 1.08 bits per heavy atom. The van der Waals surface area contributed by atoms with Crippen LogP contribution in [0, 0.1) is 0 Å². The van der Waals surface area contributed by atoms with Gasteiger partial charge in [-0.05, 0) is 171 Å². The molecule has 12 rings (SSSR count). The molecule has 10 aromatic carbocycles. The van der Waals surface area contributed by atoms with Crippen molar-refractivity contribution in [2.24, 2.45) is 0 Å². The maximum absolute atomic E-state index is 2.57. The average molecular weight is 769 g/mol. The molecule has 0 nitrogen and oxygen atoms in total. The minimum Gasteiger partial charge on any atom is -0.0616 e. The molecule has 10 aromatic rings. The molecule has 0 heteroatoms. The van der Waals surface area contributed by atoms with Crippen molar-refractivity contribution in [3.8, 4) is 44.5 Å². The highest BCUT2D eigenvalue weighted by Gasteiger charge is 2.22. The zero-order valence-corrected chi connectivity index (χ0v) is 34.1. The normalized spacial score (nSPS) is 15.0. The fourth-order valence-corrected chi connectivity index (χ4v) is 11.3. The molecular weight excluding hydrogens is 721 g/mol. The summed E-state index contributed by atoms with van der Waals surface area (Å²) in [5, 5.41) is 13.2. The number of hydrogen-bond acceptors (Lipinski definition) is 0. The molecule has 2 fully saturated rings. The lowest BCUT2D eigenvalue weighted by molar-refractivity contribution is 0.724. The van der Waals surface area contributed by atoms with Gasteiger partial charge in [0.2, 0.25) is 0 Å². The van der Waals surface area contributed by atoms with E-state index >= 15 is 0 Å². The second kappa shape index (κ2) is 14.6. The van der Waals surface area contributed by atoms with E-state index in [1.807, 2.05) is 0 Å². The largest absolute Gasteiger partial charge is 0.0616 e. The molecule has 0 heterocycles. The van der Waals surface area contributed by atoms with E-state index in [2.05, 4.69) is 182 Å². The van der Waals surface area contributed by atoms with Gasteiger partial charge in [0.1, 0.15) is 0 Å². The topological polar surface area (TPSA) is 0 Å². The Hall–Kier alpha value is -6.50. The van der Waals surface area contributed by atoms with Crippen molar-refractivity contribution in [2.45, 2.75) is 63.2 Å². The van der Waals surface area contributed by atoms with Gasteiger partial charge in [-0.25, -0.2) is 0 Å². The monoisotopic (exact) mass is 768 g/mol. The molecule has 60 heavy (non-hydrogen) atoms. The van der Waals surface area contributed by atoms with Crippen LogP contribution in [-0.2, 0) is 0 Å². The van der Waals surface area contributed by atoms with Crippen molar-refractivity contribution in [3.63, 3.8) is 0 Å². The average Bonchev–Trinajstić information content (AvgIpc) is 4.07. The highest BCUT2D eigenvalue weighted by molar-refractivity contribution is 6.24. The number of hydrogen-bond donors (Lipinski definition) is 0. The second-order valence-corrected chi connectivity index (χ2v) is 17.7. The predicted octanol–water partition coefficient (Wildman–Crippen LogP) is 17.4. The summed E-state index contributed by atoms with van der Waals surface area (Å²) in [5.74, 6) is 1.27. The SMILES string of the molecule is c1cc(-c2cccc3ccccc23)cc(-c2cc3c4ccc(C5CCCC5)cc4c(-c4cccc(-c5cccc6ccccc56)c4)cc3c3ccc(C4CCCC4)cc23)c1. The lowest BCUT2D eigenvalue weighted by atomic mass is 9.84. The Labute approximate surface area is 353 Å². The predicted molar refractivity (Wildman–Crippen MR) is 258 cm³/mol. The van der Waals surface area contributed by atoms with E-state index < -0.39 is 0 Å². The summed E-state index contributed by atoms with van der Waals surface area (Å²) < 4.78 is 0. The van der Waals surface area contributed by atoms with Crippen molar-refractivity contribution in [2.75, 3.05) is 0 Å². The van der Waals surface area contributed by atoms with Gasteiger partial charge in [0.25, 0.3) is 0 Å². The van der Waals surface area contributed by atoms with Crippen LogP contribution >= 0.6 is 0 Å². The fraction of sp³-hybridized carbons (Fsp3) is 0.167. The Morgan fingerprint density at radius 1 is 0.250 bits per heavy atom. The molecule has 2 aliphatic rings. The zero-order chi connectivity index (χ0) is 39.6. The molecule has 0 aliphatic heterocycles. The van der Waals surface area contributed by atoms with Crippen LogP contribution in [0.1, 0.15) is 74.3 Å². The molecular formula is C60H48. The quantitative estimate of drug-likeness (QED) is 0.148. The van der Waals surface area contributed by atoms with Crippen LogP contribution in [-0.4, -0.2) is 0 Å². The fourth-order valence-electron chi connectivity index (χ4n) is 11.3. The van der Waals surface area contributed by atoms with Gasteiger partial charge in [-0.1, -0.05) is 183 Å². The first-order valence-corrected chi connectivity index (χ1v) is 22.4. The molecule has 0 spiro atoms. The van der Waals surface area contributed by atoms with E-state index in [1.165, 1.54) is 161 Å². The summed E-state index contributed by atoms with van der Waals surface area (Å²) in [6.07, 6.45) is 10.5. The van der Waals surface area contributed by atoms with E-state index in [4.69, 9.17) is 0 Å². The van der Waals surface area contributed by atoms with Gasteiger partial charge in [-0.2, -0.15) is 0 Å². The summed E-state index contributed by atoms with van der Waals surface area (Å²) in [4.78, 5) is 0. The van der Waals surface area contributed by atoms with Crippen molar-refractivity contribution in [1.82, 2.24) is 0 Å². The molecule has 0 unspecified atom stereocenters. The van der Waals surface area contributed by atoms with Crippen LogP contribution in [0.3, 0.4) is 0 Å². The molecule has 2 saturated carbocycles. The van der Waals surface area contributed by atoms with Gasteiger partial charge in [-0.15, -0.1) is 0 Å². The molecule has 0 saturated heterocycles. The molecule has 0 atom stereocenters. The highest BCUT2D eigenvalue weighted by Crippen LogP contribution is 2.46. The third-order valence-electron chi connectivity index (χ3n) is 14.3. The maximum Gasteiger partial charge on any atom is -0.00923 e. The van der Waals surface area contributed by atoms with Gasteiger partial charge in [0.05, 0.1) is 0 Å². The Morgan fingerprint density at radius 2 is 0.633 bits per heavy atom. The molecule has 0 amide bonds. The summed E-state index contributed by atoms with van der Waals surface area (Å²) >= 11 is 0. The maximum atomic E-state index is 2.57. The first-order chi connectivity index (χ1) is 29.7. The number of rotatable bonds is 6.